The Balaban J connectivity index is 1.98. The number of nitrogens with zero attached hydrogens (tertiary/aromatic N) is 3. The summed E-state index contributed by atoms with van der Waals surface area (Å²) in [5.41, 5.74) is 12.1. The number of thiazole rings is 2. The van der Waals surface area contributed by atoms with Crippen molar-refractivity contribution in [3.05, 3.63) is 15.8 Å². The van der Waals surface area contributed by atoms with E-state index in [1.807, 2.05) is 24.6 Å². The second kappa shape index (κ2) is 7.18. The van der Waals surface area contributed by atoms with E-state index in [1.165, 1.54) is 22.7 Å². The van der Waals surface area contributed by atoms with Crippen molar-refractivity contribution in [3.8, 4) is 11.4 Å². The Morgan fingerprint density at radius 1 is 1.27 bits per heavy atom. The lowest BCUT2D eigenvalue weighted by Crippen LogP contribution is -2.38. The third kappa shape index (κ3) is 4.67. The molecule has 2 rings (SSSR count). The predicted molar refractivity (Wildman–Crippen MR) is 89.2 cm³/mol. The SMILES string of the molecule is CC(C)NC(=O)NCc1nc(-c2csc(N=C(N)N)n2)cs1. The van der Waals surface area contributed by atoms with Crippen LogP contribution in [0.2, 0.25) is 0 Å². The van der Waals surface area contributed by atoms with Crippen LogP contribution < -0.4 is 22.1 Å². The molecule has 0 fully saturated rings. The molecule has 2 aromatic rings. The third-order valence-corrected chi connectivity index (χ3v) is 3.93. The normalized spacial score (nSPS) is 10.5. The van der Waals surface area contributed by atoms with Gasteiger partial charge in [-0.25, -0.2) is 14.8 Å². The zero-order valence-corrected chi connectivity index (χ0v) is 13.8. The Morgan fingerprint density at radius 3 is 2.64 bits per heavy atom. The number of rotatable bonds is 5. The van der Waals surface area contributed by atoms with Gasteiger partial charge in [-0.15, -0.1) is 22.7 Å². The van der Waals surface area contributed by atoms with Gasteiger partial charge >= 0.3 is 6.03 Å². The molecule has 0 radical (unpaired) electrons. The molecular formula is C12H17N7OS2. The Labute approximate surface area is 135 Å². The molecule has 0 aliphatic rings. The quantitative estimate of drug-likeness (QED) is 0.483. The molecule has 10 heteroatoms. The van der Waals surface area contributed by atoms with E-state index < -0.39 is 0 Å². The number of carbonyl (C=O) groups is 1. The van der Waals surface area contributed by atoms with Gasteiger partial charge in [0.1, 0.15) is 16.4 Å². The number of hydrogen-bond acceptors (Lipinski definition) is 6. The number of nitrogens with one attached hydrogen (secondary N) is 2. The minimum atomic E-state index is -0.213. The number of guanidine groups is 1. The molecular weight excluding hydrogens is 322 g/mol. The van der Waals surface area contributed by atoms with Crippen LogP contribution in [-0.4, -0.2) is 28.0 Å². The van der Waals surface area contributed by atoms with Crippen molar-refractivity contribution in [1.29, 1.82) is 0 Å². The summed E-state index contributed by atoms with van der Waals surface area (Å²) in [7, 11) is 0. The first-order valence-corrected chi connectivity index (χ1v) is 8.24. The highest BCUT2D eigenvalue weighted by molar-refractivity contribution is 7.13. The van der Waals surface area contributed by atoms with Gasteiger partial charge in [0.2, 0.25) is 5.13 Å². The monoisotopic (exact) mass is 339 g/mol. The van der Waals surface area contributed by atoms with Crippen molar-refractivity contribution in [2.75, 3.05) is 0 Å². The summed E-state index contributed by atoms with van der Waals surface area (Å²) in [5.74, 6) is -0.0276. The van der Waals surface area contributed by atoms with Crippen LogP contribution in [-0.2, 0) is 6.54 Å². The van der Waals surface area contributed by atoms with Crippen LogP contribution in [0.1, 0.15) is 18.9 Å². The number of urea groups is 1. The van der Waals surface area contributed by atoms with Crippen LogP contribution in [0.15, 0.2) is 15.8 Å². The largest absolute Gasteiger partial charge is 0.370 e. The summed E-state index contributed by atoms with van der Waals surface area (Å²) >= 11 is 2.79. The molecule has 0 spiro atoms. The molecule has 22 heavy (non-hydrogen) atoms. The molecule has 0 unspecified atom stereocenters. The minimum absolute atomic E-state index is 0.0276. The minimum Gasteiger partial charge on any atom is -0.370 e. The number of aliphatic imine (C=N–C) groups is 1. The van der Waals surface area contributed by atoms with Crippen LogP contribution in [0.25, 0.3) is 11.4 Å². The molecule has 0 atom stereocenters. The lowest BCUT2D eigenvalue weighted by Gasteiger charge is -2.08. The molecule has 2 heterocycles. The van der Waals surface area contributed by atoms with E-state index in [0.717, 1.165) is 10.7 Å². The highest BCUT2D eigenvalue weighted by Crippen LogP contribution is 2.27. The van der Waals surface area contributed by atoms with Gasteiger partial charge in [-0.2, -0.15) is 4.99 Å². The summed E-state index contributed by atoms with van der Waals surface area (Å²) in [4.78, 5) is 24.1. The molecule has 2 amide bonds. The fourth-order valence-electron chi connectivity index (χ4n) is 1.52. The van der Waals surface area contributed by atoms with Gasteiger partial charge in [-0.05, 0) is 13.8 Å². The molecule has 0 bridgehead atoms. The Bertz CT molecular complexity index is 673. The first-order chi connectivity index (χ1) is 10.4. The number of amides is 2. The average Bonchev–Trinajstić information content (AvgIpc) is 3.03. The van der Waals surface area contributed by atoms with E-state index >= 15 is 0 Å². The summed E-state index contributed by atoms with van der Waals surface area (Å²) in [6.07, 6.45) is 0. The highest BCUT2D eigenvalue weighted by atomic mass is 32.1. The molecule has 118 valence electrons. The maximum Gasteiger partial charge on any atom is 0.315 e. The number of aromatic nitrogens is 2. The topological polar surface area (TPSA) is 131 Å². The Hall–Kier alpha value is -2.20. The van der Waals surface area contributed by atoms with E-state index in [2.05, 4.69) is 25.6 Å². The fourth-order valence-corrected chi connectivity index (χ4v) is 2.95. The zero-order valence-electron chi connectivity index (χ0n) is 12.2. The number of hydrogen-bond donors (Lipinski definition) is 4. The lowest BCUT2D eigenvalue weighted by molar-refractivity contribution is 0.238. The predicted octanol–water partition coefficient (Wildman–Crippen LogP) is 1.38. The Morgan fingerprint density at radius 2 is 1.95 bits per heavy atom. The van der Waals surface area contributed by atoms with Crippen LogP contribution in [0, 0.1) is 0 Å². The average molecular weight is 339 g/mol. The van der Waals surface area contributed by atoms with Gasteiger partial charge in [0.15, 0.2) is 5.96 Å². The van der Waals surface area contributed by atoms with Crippen LogP contribution >= 0.6 is 22.7 Å². The molecule has 0 aromatic carbocycles. The van der Waals surface area contributed by atoms with Gasteiger partial charge in [0.05, 0.1) is 6.54 Å². The second-order valence-electron chi connectivity index (χ2n) is 4.66. The van der Waals surface area contributed by atoms with Crippen molar-refractivity contribution in [1.82, 2.24) is 20.6 Å². The van der Waals surface area contributed by atoms with Crippen molar-refractivity contribution in [3.63, 3.8) is 0 Å². The fraction of sp³-hybridized carbons (Fsp3) is 0.333. The molecule has 6 N–H and O–H groups in total. The molecule has 8 nitrogen and oxygen atoms in total. The third-order valence-electron chi connectivity index (χ3n) is 2.35. The van der Waals surface area contributed by atoms with Crippen LogP contribution in [0.4, 0.5) is 9.93 Å². The summed E-state index contributed by atoms with van der Waals surface area (Å²) in [5, 5.41) is 10.5. The van der Waals surface area contributed by atoms with Crippen molar-refractivity contribution >= 4 is 39.8 Å². The lowest BCUT2D eigenvalue weighted by atomic mass is 10.4. The smallest absolute Gasteiger partial charge is 0.315 e. The van der Waals surface area contributed by atoms with Crippen molar-refractivity contribution in [2.24, 2.45) is 16.5 Å². The van der Waals surface area contributed by atoms with Crippen LogP contribution in [0.3, 0.4) is 0 Å². The number of nitrogens with two attached hydrogens (primary N) is 2. The van der Waals surface area contributed by atoms with Crippen molar-refractivity contribution in [2.45, 2.75) is 26.4 Å². The van der Waals surface area contributed by atoms with E-state index in [-0.39, 0.29) is 18.0 Å². The Kier molecular flexibility index (Phi) is 5.28. The van der Waals surface area contributed by atoms with Gasteiger partial charge < -0.3 is 22.1 Å². The van der Waals surface area contributed by atoms with E-state index in [9.17, 15) is 4.79 Å². The molecule has 0 aliphatic heterocycles. The first-order valence-electron chi connectivity index (χ1n) is 6.48. The number of carbonyl (C=O) groups excluding carboxylic acids is 1. The van der Waals surface area contributed by atoms with Gasteiger partial charge in [-0.1, -0.05) is 0 Å². The zero-order chi connectivity index (χ0) is 16.1. The van der Waals surface area contributed by atoms with Crippen LogP contribution in [0.5, 0.6) is 0 Å². The van der Waals surface area contributed by atoms with E-state index in [4.69, 9.17) is 11.5 Å². The summed E-state index contributed by atoms with van der Waals surface area (Å²) in [6, 6.07) is -0.119. The standard InChI is InChI=1S/C12H17N7OS2/c1-6(2)16-11(20)15-3-9-17-7(4-21-9)8-5-22-12(18-8)19-10(13)14/h4-6H,3H2,1-2H3,(H2,15,16,20)(H4,13,14,18,19). The van der Waals surface area contributed by atoms with Gasteiger partial charge in [-0.3, -0.25) is 0 Å². The maximum atomic E-state index is 11.5. The molecule has 0 saturated carbocycles. The highest BCUT2D eigenvalue weighted by Gasteiger charge is 2.10. The van der Waals surface area contributed by atoms with Gasteiger partial charge in [0.25, 0.3) is 0 Å². The summed E-state index contributed by atoms with van der Waals surface area (Å²) in [6.45, 7) is 4.17. The van der Waals surface area contributed by atoms with Crippen molar-refractivity contribution < 1.29 is 4.79 Å². The molecule has 0 aliphatic carbocycles. The molecule has 2 aromatic heterocycles. The molecule has 0 saturated heterocycles. The van der Waals surface area contributed by atoms with E-state index in [0.29, 0.717) is 17.4 Å². The maximum absolute atomic E-state index is 11.5. The second-order valence-corrected chi connectivity index (χ2v) is 6.44. The van der Waals surface area contributed by atoms with Gasteiger partial charge in [0, 0.05) is 16.8 Å². The first kappa shape index (κ1) is 16.2. The van der Waals surface area contributed by atoms with E-state index in [1.54, 1.807) is 0 Å². The summed E-state index contributed by atoms with van der Waals surface area (Å²) < 4.78 is 0.